The lowest BCUT2D eigenvalue weighted by Crippen LogP contribution is -2.50. The Morgan fingerprint density at radius 2 is 1.90 bits per heavy atom. The fraction of sp³-hybridized carbons (Fsp3) is 0.545. The highest BCUT2D eigenvalue weighted by atomic mass is 16.5. The fourth-order valence-electron chi connectivity index (χ4n) is 7.07. The fourth-order valence-corrected chi connectivity index (χ4v) is 7.07. The molecule has 0 radical (unpaired) electrons. The first-order valence-electron chi connectivity index (χ1n) is 15.4. The molecule has 8 heteroatoms. The highest BCUT2D eigenvalue weighted by Gasteiger charge is 2.32. The normalized spacial score (nSPS) is 24.1. The smallest absolute Gasteiger partial charge is 0.252 e. The van der Waals surface area contributed by atoms with Gasteiger partial charge in [0.1, 0.15) is 0 Å². The van der Waals surface area contributed by atoms with Gasteiger partial charge in [0.15, 0.2) is 0 Å². The monoisotopic (exact) mass is 557 g/mol. The van der Waals surface area contributed by atoms with Crippen LogP contribution in [0.25, 0.3) is 22.0 Å². The van der Waals surface area contributed by atoms with Crippen molar-refractivity contribution < 1.29 is 14.3 Å². The van der Waals surface area contributed by atoms with Crippen molar-refractivity contribution in [2.45, 2.75) is 71.5 Å². The Kier molecular flexibility index (Phi) is 8.13. The second-order valence-corrected chi connectivity index (χ2v) is 12.5. The molecule has 6 rings (SSSR count). The van der Waals surface area contributed by atoms with Crippen LogP contribution in [0, 0.1) is 18.8 Å². The molecule has 2 aromatic carbocycles. The molecule has 3 unspecified atom stereocenters. The van der Waals surface area contributed by atoms with Gasteiger partial charge in [-0.3, -0.25) is 19.2 Å². The van der Waals surface area contributed by atoms with Crippen LogP contribution in [0.2, 0.25) is 0 Å². The van der Waals surface area contributed by atoms with E-state index in [9.17, 15) is 9.59 Å². The minimum absolute atomic E-state index is 0.0253. The third-order valence-electron chi connectivity index (χ3n) is 9.36. The maximum atomic E-state index is 13.8. The average Bonchev–Trinajstić information content (AvgIpc) is 3.63. The number of rotatable bonds is 7. The summed E-state index contributed by atoms with van der Waals surface area (Å²) in [5.74, 6) is -0.134. The number of nitrogens with zero attached hydrogens (tertiary/aromatic N) is 3. The van der Waals surface area contributed by atoms with Gasteiger partial charge in [-0.15, -0.1) is 0 Å². The van der Waals surface area contributed by atoms with Gasteiger partial charge in [-0.25, -0.2) is 0 Å². The summed E-state index contributed by atoms with van der Waals surface area (Å²) in [6.07, 6.45) is 7.42. The van der Waals surface area contributed by atoms with E-state index in [-0.39, 0.29) is 29.7 Å². The molecule has 2 amide bonds. The number of hydrogen-bond acceptors (Lipinski definition) is 5. The van der Waals surface area contributed by atoms with E-state index in [0.717, 1.165) is 74.1 Å². The number of hydrogen-bond donors (Lipinski definition) is 2. The van der Waals surface area contributed by atoms with E-state index in [1.54, 1.807) is 0 Å². The van der Waals surface area contributed by atoms with Crippen LogP contribution in [0.4, 0.5) is 0 Å². The van der Waals surface area contributed by atoms with E-state index in [2.05, 4.69) is 58.3 Å². The molecule has 0 bridgehead atoms. The maximum Gasteiger partial charge on any atom is 0.252 e. The Hall–Kier alpha value is -3.23. The van der Waals surface area contributed by atoms with E-state index < -0.39 is 0 Å². The van der Waals surface area contributed by atoms with Gasteiger partial charge in [-0.1, -0.05) is 38.0 Å². The van der Waals surface area contributed by atoms with Gasteiger partial charge in [-0.2, -0.15) is 5.10 Å². The molecule has 3 aliphatic rings. The van der Waals surface area contributed by atoms with Crippen LogP contribution in [-0.2, 0) is 16.1 Å². The topological polar surface area (TPSA) is 88.5 Å². The maximum absolute atomic E-state index is 13.8. The second-order valence-electron chi connectivity index (χ2n) is 12.5. The molecule has 0 spiro atoms. The van der Waals surface area contributed by atoms with Crippen LogP contribution in [0.1, 0.15) is 73.5 Å². The molecule has 8 nitrogen and oxygen atoms in total. The van der Waals surface area contributed by atoms with Crippen molar-refractivity contribution in [3.63, 3.8) is 0 Å². The Balaban J connectivity index is 1.31. The van der Waals surface area contributed by atoms with Crippen molar-refractivity contribution in [3.05, 3.63) is 53.2 Å². The van der Waals surface area contributed by atoms with Gasteiger partial charge in [0, 0.05) is 37.6 Å². The van der Waals surface area contributed by atoms with Crippen molar-refractivity contribution in [2.24, 2.45) is 11.8 Å². The quantitative estimate of drug-likeness (QED) is 0.434. The van der Waals surface area contributed by atoms with Gasteiger partial charge in [-0.05, 0) is 73.4 Å². The lowest BCUT2D eigenvalue weighted by atomic mass is 9.84. The van der Waals surface area contributed by atoms with Gasteiger partial charge in [0.25, 0.3) is 5.91 Å². The highest BCUT2D eigenvalue weighted by molar-refractivity contribution is 6.08. The Morgan fingerprint density at radius 3 is 2.63 bits per heavy atom. The first kappa shape index (κ1) is 27.9. The van der Waals surface area contributed by atoms with E-state index >= 15 is 0 Å². The number of benzene rings is 2. The van der Waals surface area contributed by atoms with Gasteiger partial charge in [0.05, 0.1) is 42.5 Å². The zero-order chi connectivity index (χ0) is 28.5. The van der Waals surface area contributed by atoms with Gasteiger partial charge >= 0.3 is 0 Å². The van der Waals surface area contributed by atoms with Crippen molar-refractivity contribution in [1.29, 1.82) is 0 Å². The van der Waals surface area contributed by atoms with Crippen LogP contribution in [0.3, 0.4) is 0 Å². The molecule has 3 fully saturated rings. The van der Waals surface area contributed by atoms with Crippen molar-refractivity contribution in [2.75, 3.05) is 32.8 Å². The molecular weight excluding hydrogens is 514 g/mol. The molecule has 2 saturated heterocycles. The Morgan fingerprint density at radius 1 is 1.12 bits per heavy atom. The standard InChI is InChI=1S/C33H43N5O3/c1-21-14-23(3)36-33(40)29(21)18-34-32(39)28-16-25(17-31-30(28)19-35-38(31)26-6-4-5-7-26)27-9-8-24(15-22(27)2)20-37-10-12-41-13-11-37/h8-9,15-17,19,21,23,26,29H,4-7,10-14,18,20H2,1-3H3,(H,34,39)(H,36,40). The largest absolute Gasteiger partial charge is 0.379 e. The number of amides is 2. The third kappa shape index (κ3) is 5.90. The summed E-state index contributed by atoms with van der Waals surface area (Å²) in [6, 6.07) is 11.4. The van der Waals surface area contributed by atoms with Gasteiger partial charge in [0.2, 0.25) is 5.91 Å². The number of aromatic nitrogens is 2. The molecule has 2 aliphatic heterocycles. The number of carbonyl (C=O) groups excluding carboxylic acids is 2. The third-order valence-corrected chi connectivity index (χ3v) is 9.36. The molecule has 3 atom stereocenters. The highest BCUT2D eigenvalue weighted by Crippen LogP contribution is 2.36. The Labute approximate surface area is 242 Å². The summed E-state index contributed by atoms with van der Waals surface area (Å²) >= 11 is 0. The summed E-state index contributed by atoms with van der Waals surface area (Å²) in [5.41, 5.74) is 6.26. The van der Waals surface area contributed by atoms with Gasteiger partial charge < -0.3 is 15.4 Å². The van der Waals surface area contributed by atoms with Crippen LogP contribution in [0.5, 0.6) is 0 Å². The SMILES string of the molecule is Cc1cc(CN2CCOCC2)ccc1-c1cc(C(=O)NCC2C(=O)NC(C)CC2C)c2cnn(C3CCCC3)c2c1. The predicted octanol–water partition coefficient (Wildman–Crippen LogP) is 4.85. The van der Waals surface area contributed by atoms with Crippen LogP contribution >= 0.6 is 0 Å². The van der Waals surface area contributed by atoms with Crippen molar-refractivity contribution in [3.8, 4) is 11.1 Å². The minimum atomic E-state index is -0.226. The molecule has 1 aliphatic carbocycles. The zero-order valence-corrected chi connectivity index (χ0v) is 24.6. The molecule has 218 valence electrons. The summed E-state index contributed by atoms with van der Waals surface area (Å²) in [4.78, 5) is 28.9. The first-order chi connectivity index (χ1) is 19.9. The summed E-state index contributed by atoms with van der Waals surface area (Å²) in [7, 11) is 0. The summed E-state index contributed by atoms with van der Waals surface area (Å²) in [6.45, 7) is 11.0. The number of carbonyl (C=O) groups is 2. The zero-order valence-electron chi connectivity index (χ0n) is 24.6. The number of ether oxygens (including phenoxy) is 1. The molecule has 1 saturated carbocycles. The molecule has 3 aromatic rings. The van der Waals surface area contributed by atoms with E-state index in [0.29, 0.717) is 18.2 Å². The lowest BCUT2D eigenvalue weighted by molar-refractivity contribution is -0.129. The van der Waals surface area contributed by atoms with Crippen molar-refractivity contribution in [1.82, 2.24) is 25.3 Å². The summed E-state index contributed by atoms with van der Waals surface area (Å²) in [5, 5.41) is 11.8. The average molecular weight is 558 g/mol. The van der Waals surface area contributed by atoms with E-state index in [1.165, 1.54) is 24.0 Å². The Bertz CT molecular complexity index is 1420. The number of fused-ring (bicyclic) bond motifs is 1. The van der Waals surface area contributed by atoms with Crippen LogP contribution in [0.15, 0.2) is 36.5 Å². The second kappa shape index (κ2) is 11.9. The first-order valence-corrected chi connectivity index (χ1v) is 15.4. The number of piperidine rings is 1. The molecule has 2 N–H and O–H groups in total. The predicted molar refractivity (Wildman–Crippen MR) is 161 cm³/mol. The molecular formula is C33H43N5O3. The van der Waals surface area contributed by atoms with Crippen LogP contribution in [-0.4, -0.2) is 65.4 Å². The van der Waals surface area contributed by atoms with Crippen molar-refractivity contribution >= 4 is 22.7 Å². The number of aryl methyl sites for hydroxylation is 1. The minimum Gasteiger partial charge on any atom is -0.379 e. The lowest BCUT2D eigenvalue weighted by Gasteiger charge is -2.32. The molecule has 41 heavy (non-hydrogen) atoms. The van der Waals surface area contributed by atoms with E-state index in [4.69, 9.17) is 9.84 Å². The molecule has 3 heterocycles. The number of morpholine rings is 1. The summed E-state index contributed by atoms with van der Waals surface area (Å²) < 4.78 is 7.65. The van der Waals surface area contributed by atoms with E-state index in [1.807, 2.05) is 19.2 Å². The molecule has 1 aromatic heterocycles. The van der Waals surface area contributed by atoms with Crippen LogP contribution < -0.4 is 10.6 Å². The number of nitrogens with one attached hydrogen (secondary N) is 2.